The molecule has 0 aliphatic carbocycles. The molecule has 3 heteroatoms. The number of anilines is 1. The molecule has 1 aromatic rings. The number of nitrogens with zero attached hydrogens (tertiary/aromatic N) is 1. The van der Waals surface area contributed by atoms with Crippen molar-refractivity contribution >= 4 is 5.69 Å². The molecule has 0 amide bonds. The summed E-state index contributed by atoms with van der Waals surface area (Å²) in [6.07, 6.45) is 0. The van der Waals surface area contributed by atoms with Crippen LogP contribution in [0.2, 0.25) is 0 Å². The smallest absolute Gasteiger partial charge is 0.0587 e. The van der Waals surface area contributed by atoms with E-state index in [-0.39, 0.29) is 5.41 Å². The Morgan fingerprint density at radius 3 is 2.89 bits per heavy atom. The number of ether oxygens (including phenoxy) is 1. The number of hydrogen-bond acceptors (Lipinski definition) is 3. The van der Waals surface area contributed by atoms with E-state index < -0.39 is 0 Å². The molecule has 100 valence electrons. The normalized spacial score (nSPS) is 17.0. The first kappa shape index (κ1) is 13.4. The summed E-state index contributed by atoms with van der Waals surface area (Å²) in [6.45, 7) is 8.33. The van der Waals surface area contributed by atoms with E-state index >= 15 is 0 Å². The highest BCUT2D eigenvalue weighted by atomic mass is 16.5. The molecule has 1 aliphatic rings. The van der Waals surface area contributed by atoms with Crippen LogP contribution in [0.4, 0.5) is 5.69 Å². The Hall–Kier alpha value is -1.06. The van der Waals surface area contributed by atoms with Crippen molar-refractivity contribution in [3.8, 4) is 0 Å². The van der Waals surface area contributed by atoms with E-state index in [4.69, 9.17) is 4.74 Å². The quantitative estimate of drug-likeness (QED) is 0.808. The molecular formula is C15H24N2O. The van der Waals surface area contributed by atoms with Gasteiger partial charge in [0.1, 0.15) is 0 Å². The first-order valence-electron chi connectivity index (χ1n) is 6.59. The number of likely N-dealkylation sites (N-methyl/N-ethyl adjacent to an activating group) is 1. The molecule has 18 heavy (non-hydrogen) atoms. The van der Waals surface area contributed by atoms with Gasteiger partial charge >= 0.3 is 0 Å². The van der Waals surface area contributed by atoms with Gasteiger partial charge in [-0.3, -0.25) is 0 Å². The van der Waals surface area contributed by atoms with Crippen LogP contribution in [-0.4, -0.2) is 33.9 Å². The molecule has 0 aromatic heterocycles. The third-order valence-electron chi connectivity index (χ3n) is 3.65. The molecular weight excluding hydrogens is 224 g/mol. The number of rotatable bonds is 5. The number of fused-ring (bicyclic) bond motifs is 1. The minimum Gasteiger partial charge on any atom is -0.383 e. The van der Waals surface area contributed by atoms with E-state index in [0.717, 1.165) is 26.2 Å². The Kier molecular flexibility index (Phi) is 3.93. The van der Waals surface area contributed by atoms with E-state index in [1.807, 2.05) is 0 Å². The van der Waals surface area contributed by atoms with Gasteiger partial charge < -0.3 is 15.0 Å². The van der Waals surface area contributed by atoms with Crippen molar-refractivity contribution in [1.82, 2.24) is 5.32 Å². The minimum atomic E-state index is 0.240. The summed E-state index contributed by atoms with van der Waals surface area (Å²) in [5, 5.41) is 3.44. The second kappa shape index (κ2) is 5.29. The van der Waals surface area contributed by atoms with Crippen LogP contribution in [0.15, 0.2) is 18.2 Å². The van der Waals surface area contributed by atoms with Gasteiger partial charge in [-0.25, -0.2) is 0 Å². The Morgan fingerprint density at radius 1 is 1.39 bits per heavy atom. The van der Waals surface area contributed by atoms with Gasteiger partial charge in [-0.1, -0.05) is 26.0 Å². The monoisotopic (exact) mass is 248 g/mol. The summed E-state index contributed by atoms with van der Waals surface area (Å²) in [5.41, 5.74) is 4.53. The molecule has 0 saturated heterocycles. The van der Waals surface area contributed by atoms with Gasteiger partial charge in [0.05, 0.1) is 6.61 Å². The van der Waals surface area contributed by atoms with E-state index in [1.165, 1.54) is 16.8 Å². The minimum absolute atomic E-state index is 0.240. The summed E-state index contributed by atoms with van der Waals surface area (Å²) in [5.74, 6) is 0. The highest BCUT2D eigenvalue weighted by molar-refractivity contribution is 5.64. The van der Waals surface area contributed by atoms with Gasteiger partial charge in [0.2, 0.25) is 0 Å². The molecule has 0 spiro atoms. The van der Waals surface area contributed by atoms with Crippen molar-refractivity contribution in [3.63, 3.8) is 0 Å². The molecule has 0 saturated carbocycles. The van der Waals surface area contributed by atoms with Crippen LogP contribution in [0, 0.1) is 0 Å². The zero-order valence-corrected chi connectivity index (χ0v) is 11.9. The van der Waals surface area contributed by atoms with Crippen LogP contribution < -0.4 is 10.2 Å². The van der Waals surface area contributed by atoms with Crippen LogP contribution in [0.1, 0.15) is 25.0 Å². The number of hydrogen-bond donors (Lipinski definition) is 1. The van der Waals surface area contributed by atoms with Gasteiger partial charge in [-0.15, -0.1) is 0 Å². The third kappa shape index (κ3) is 2.52. The molecule has 0 fully saturated rings. The van der Waals surface area contributed by atoms with Gasteiger partial charge in [0, 0.05) is 44.9 Å². The van der Waals surface area contributed by atoms with Crippen molar-refractivity contribution in [1.29, 1.82) is 0 Å². The van der Waals surface area contributed by atoms with Crippen molar-refractivity contribution < 1.29 is 4.74 Å². The van der Waals surface area contributed by atoms with Gasteiger partial charge in [0.15, 0.2) is 0 Å². The van der Waals surface area contributed by atoms with Gasteiger partial charge in [-0.2, -0.15) is 0 Å². The molecule has 0 atom stereocenters. The number of methoxy groups -OCH3 is 1. The van der Waals surface area contributed by atoms with Crippen molar-refractivity contribution in [3.05, 3.63) is 29.3 Å². The SMILES string of the molecule is COCCNCc1cccc2c1C(C)(C)CN2C. The average Bonchev–Trinajstić information content (AvgIpc) is 2.56. The van der Waals surface area contributed by atoms with Gasteiger partial charge in [0.25, 0.3) is 0 Å². The summed E-state index contributed by atoms with van der Waals surface area (Å²) in [7, 11) is 3.91. The van der Waals surface area contributed by atoms with E-state index in [2.05, 4.69) is 49.3 Å². The standard InChI is InChI=1S/C15H24N2O/c1-15(2)11-17(3)13-7-5-6-12(14(13)15)10-16-8-9-18-4/h5-7,16H,8-11H2,1-4H3. The molecule has 0 radical (unpaired) electrons. The van der Waals surface area contributed by atoms with Crippen LogP contribution in [0.3, 0.4) is 0 Å². The van der Waals surface area contributed by atoms with E-state index in [1.54, 1.807) is 7.11 Å². The maximum Gasteiger partial charge on any atom is 0.0587 e. The summed E-state index contributed by atoms with van der Waals surface area (Å²) in [4.78, 5) is 2.36. The topological polar surface area (TPSA) is 24.5 Å². The van der Waals surface area contributed by atoms with Crippen molar-refractivity contribution in [2.24, 2.45) is 0 Å². The second-order valence-electron chi connectivity index (χ2n) is 5.72. The number of benzene rings is 1. The highest BCUT2D eigenvalue weighted by Gasteiger charge is 2.34. The lowest BCUT2D eigenvalue weighted by Crippen LogP contribution is -2.26. The summed E-state index contributed by atoms with van der Waals surface area (Å²) in [6, 6.07) is 6.62. The summed E-state index contributed by atoms with van der Waals surface area (Å²) < 4.78 is 5.06. The molecule has 3 nitrogen and oxygen atoms in total. The lowest BCUT2D eigenvalue weighted by Gasteiger charge is -2.21. The highest BCUT2D eigenvalue weighted by Crippen LogP contribution is 2.41. The molecule has 2 rings (SSSR count). The van der Waals surface area contributed by atoms with Gasteiger partial charge in [-0.05, 0) is 17.2 Å². The Bertz CT molecular complexity index is 415. The fraction of sp³-hybridized carbons (Fsp3) is 0.600. The molecule has 1 heterocycles. The maximum absolute atomic E-state index is 5.06. The molecule has 0 bridgehead atoms. The fourth-order valence-corrected chi connectivity index (χ4v) is 2.99. The van der Waals surface area contributed by atoms with Crippen LogP contribution in [0.25, 0.3) is 0 Å². The maximum atomic E-state index is 5.06. The lowest BCUT2D eigenvalue weighted by atomic mass is 9.84. The van der Waals surface area contributed by atoms with E-state index in [0.29, 0.717) is 0 Å². The Balaban J connectivity index is 2.17. The van der Waals surface area contributed by atoms with Crippen LogP contribution in [0.5, 0.6) is 0 Å². The Labute approximate surface area is 110 Å². The first-order valence-corrected chi connectivity index (χ1v) is 6.59. The Morgan fingerprint density at radius 2 is 2.17 bits per heavy atom. The van der Waals surface area contributed by atoms with Crippen LogP contribution in [-0.2, 0) is 16.7 Å². The molecule has 1 aromatic carbocycles. The predicted molar refractivity (Wildman–Crippen MR) is 76.3 cm³/mol. The third-order valence-corrected chi connectivity index (χ3v) is 3.65. The molecule has 0 unspecified atom stereocenters. The van der Waals surface area contributed by atoms with E-state index in [9.17, 15) is 0 Å². The second-order valence-corrected chi connectivity index (χ2v) is 5.72. The average molecular weight is 248 g/mol. The number of nitrogens with one attached hydrogen (secondary N) is 1. The zero-order valence-electron chi connectivity index (χ0n) is 11.9. The zero-order chi connectivity index (χ0) is 13.2. The van der Waals surface area contributed by atoms with Crippen molar-refractivity contribution in [2.45, 2.75) is 25.8 Å². The summed E-state index contributed by atoms with van der Waals surface area (Å²) >= 11 is 0. The van der Waals surface area contributed by atoms with Crippen LogP contribution >= 0.6 is 0 Å². The molecule has 1 aliphatic heterocycles. The lowest BCUT2D eigenvalue weighted by molar-refractivity contribution is 0.199. The van der Waals surface area contributed by atoms with Crippen molar-refractivity contribution in [2.75, 3.05) is 38.8 Å². The first-order chi connectivity index (χ1) is 8.56. The predicted octanol–water partition coefficient (Wildman–Crippen LogP) is 2.15. The fourth-order valence-electron chi connectivity index (χ4n) is 2.99. The largest absolute Gasteiger partial charge is 0.383 e. The molecule has 1 N–H and O–H groups in total.